The number of hydrogen-bond donors (Lipinski definition) is 0. The van der Waals surface area contributed by atoms with Gasteiger partial charge in [-0.2, -0.15) is 0 Å². The Labute approximate surface area is 119 Å². The standard InChI is InChI=1S/C17H20N2O/c1-19-13-4-5-14(19)11-16(10-13)20-15-6-7-17-12(9-15)3-2-8-18-17/h2-3,6-9,13-14,16H,4-5,10-11H2,1H3/t13-,14+,16-. The Hall–Kier alpha value is -1.61. The van der Waals surface area contributed by atoms with Gasteiger partial charge in [0.05, 0.1) is 5.52 Å². The third-order valence-corrected chi connectivity index (χ3v) is 4.93. The Balaban J connectivity index is 1.53. The van der Waals surface area contributed by atoms with E-state index in [1.54, 1.807) is 0 Å². The topological polar surface area (TPSA) is 25.4 Å². The van der Waals surface area contributed by atoms with E-state index in [-0.39, 0.29) is 0 Å². The molecule has 3 heterocycles. The first-order valence-electron chi connectivity index (χ1n) is 7.53. The fraction of sp³-hybridized carbons (Fsp3) is 0.471. The summed E-state index contributed by atoms with van der Waals surface area (Å²) in [6.45, 7) is 0. The second-order valence-electron chi connectivity index (χ2n) is 6.12. The van der Waals surface area contributed by atoms with Crippen LogP contribution in [0.5, 0.6) is 5.75 Å². The molecule has 2 aliphatic heterocycles. The van der Waals surface area contributed by atoms with E-state index in [2.05, 4.69) is 35.1 Å². The summed E-state index contributed by atoms with van der Waals surface area (Å²) in [7, 11) is 2.26. The number of rotatable bonds is 2. The fourth-order valence-electron chi connectivity index (χ4n) is 3.78. The van der Waals surface area contributed by atoms with Crippen molar-refractivity contribution in [2.75, 3.05) is 7.05 Å². The van der Waals surface area contributed by atoms with Gasteiger partial charge in [-0.3, -0.25) is 4.98 Å². The molecule has 0 unspecified atom stereocenters. The first-order chi connectivity index (χ1) is 9.79. The molecular formula is C17H20N2O. The zero-order valence-corrected chi connectivity index (χ0v) is 11.8. The molecule has 2 fully saturated rings. The average molecular weight is 268 g/mol. The maximum atomic E-state index is 6.24. The molecule has 2 saturated heterocycles. The Morgan fingerprint density at radius 2 is 1.95 bits per heavy atom. The quantitative estimate of drug-likeness (QED) is 0.836. The van der Waals surface area contributed by atoms with Crippen LogP contribution in [0.15, 0.2) is 36.5 Å². The van der Waals surface area contributed by atoms with Gasteiger partial charge in [-0.25, -0.2) is 0 Å². The lowest BCUT2D eigenvalue weighted by molar-refractivity contribution is 0.0662. The van der Waals surface area contributed by atoms with Crippen molar-refractivity contribution in [1.29, 1.82) is 0 Å². The molecule has 20 heavy (non-hydrogen) atoms. The van der Waals surface area contributed by atoms with Crippen molar-refractivity contribution in [3.8, 4) is 5.75 Å². The van der Waals surface area contributed by atoms with E-state index in [1.807, 2.05) is 18.3 Å². The van der Waals surface area contributed by atoms with Gasteiger partial charge in [-0.1, -0.05) is 6.07 Å². The zero-order chi connectivity index (χ0) is 13.5. The lowest BCUT2D eigenvalue weighted by atomic mass is 10.0. The zero-order valence-electron chi connectivity index (χ0n) is 11.8. The van der Waals surface area contributed by atoms with Crippen LogP contribution in [0.3, 0.4) is 0 Å². The highest BCUT2D eigenvalue weighted by Gasteiger charge is 2.39. The van der Waals surface area contributed by atoms with E-state index in [9.17, 15) is 0 Å². The molecule has 3 nitrogen and oxygen atoms in total. The van der Waals surface area contributed by atoms with E-state index in [0.29, 0.717) is 6.10 Å². The number of piperidine rings is 1. The van der Waals surface area contributed by atoms with Gasteiger partial charge in [0.25, 0.3) is 0 Å². The van der Waals surface area contributed by atoms with E-state index in [0.717, 1.165) is 41.6 Å². The van der Waals surface area contributed by atoms with Gasteiger partial charge in [0, 0.05) is 23.7 Å². The summed E-state index contributed by atoms with van der Waals surface area (Å²) in [4.78, 5) is 6.90. The molecule has 0 aliphatic carbocycles. The van der Waals surface area contributed by atoms with Gasteiger partial charge in [-0.15, -0.1) is 0 Å². The van der Waals surface area contributed by atoms with Crippen LogP contribution in [0.4, 0.5) is 0 Å². The SMILES string of the molecule is CN1[C@@H]2CC[C@H]1C[C@H](Oc1ccc3ncccc3c1)C2. The minimum Gasteiger partial charge on any atom is -0.490 e. The van der Waals surface area contributed by atoms with Gasteiger partial charge in [-0.05, 0) is 57.0 Å². The van der Waals surface area contributed by atoms with Crippen molar-refractivity contribution in [2.24, 2.45) is 0 Å². The predicted octanol–water partition coefficient (Wildman–Crippen LogP) is 3.24. The summed E-state index contributed by atoms with van der Waals surface area (Å²) < 4.78 is 6.24. The molecular weight excluding hydrogens is 248 g/mol. The molecule has 2 aliphatic rings. The molecule has 0 amide bonds. The molecule has 4 rings (SSSR count). The van der Waals surface area contributed by atoms with Gasteiger partial charge in [0.15, 0.2) is 0 Å². The minimum absolute atomic E-state index is 0.373. The maximum Gasteiger partial charge on any atom is 0.120 e. The second-order valence-corrected chi connectivity index (χ2v) is 6.12. The smallest absolute Gasteiger partial charge is 0.120 e. The Morgan fingerprint density at radius 1 is 1.15 bits per heavy atom. The summed E-state index contributed by atoms with van der Waals surface area (Å²) in [6.07, 6.45) is 7.21. The first kappa shape index (κ1) is 12.2. The average Bonchev–Trinajstić information content (AvgIpc) is 2.70. The molecule has 0 spiro atoms. The lowest BCUT2D eigenvalue weighted by Gasteiger charge is -2.36. The Kier molecular flexibility index (Phi) is 2.88. The number of ether oxygens (including phenoxy) is 1. The van der Waals surface area contributed by atoms with E-state index in [1.165, 1.54) is 12.8 Å². The van der Waals surface area contributed by atoms with Crippen LogP contribution in [0, 0.1) is 0 Å². The van der Waals surface area contributed by atoms with Crippen LogP contribution in [-0.4, -0.2) is 35.1 Å². The summed E-state index contributed by atoms with van der Waals surface area (Å²) in [6, 6.07) is 11.7. The number of aromatic nitrogens is 1. The minimum atomic E-state index is 0.373. The summed E-state index contributed by atoms with van der Waals surface area (Å²) in [5.41, 5.74) is 1.03. The van der Waals surface area contributed by atoms with Gasteiger partial charge >= 0.3 is 0 Å². The highest BCUT2D eigenvalue weighted by molar-refractivity contribution is 5.79. The van der Waals surface area contributed by atoms with Crippen LogP contribution in [0.1, 0.15) is 25.7 Å². The molecule has 0 N–H and O–H groups in total. The molecule has 3 heteroatoms. The fourth-order valence-corrected chi connectivity index (χ4v) is 3.78. The number of fused-ring (bicyclic) bond motifs is 3. The van der Waals surface area contributed by atoms with Crippen molar-refractivity contribution in [3.63, 3.8) is 0 Å². The van der Waals surface area contributed by atoms with Crippen LogP contribution in [-0.2, 0) is 0 Å². The van der Waals surface area contributed by atoms with Gasteiger partial charge < -0.3 is 9.64 Å². The summed E-state index contributed by atoms with van der Waals surface area (Å²) in [5.74, 6) is 0.986. The Morgan fingerprint density at radius 3 is 2.75 bits per heavy atom. The van der Waals surface area contributed by atoms with Crippen LogP contribution >= 0.6 is 0 Å². The third kappa shape index (κ3) is 2.06. The van der Waals surface area contributed by atoms with Crippen molar-refractivity contribution < 1.29 is 4.74 Å². The van der Waals surface area contributed by atoms with Crippen LogP contribution < -0.4 is 4.74 Å². The second kappa shape index (κ2) is 4.74. The number of nitrogens with zero attached hydrogens (tertiary/aromatic N) is 2. The molecule has 0 radical (unpaired) electrons. The Bertz CT molecular complexity index is 613. The monoisotopic (exact) mass is 268 g/mol. The molecule has 104 valence electrons. The largest absolute Gasteiger partial charge is 0.490 e. The van der Waals surface area contributed by atoms with Crippen molar-refractivity contribution in [3.05, 3.63) is 36.5 Å². The predicted molar refractivity (Wildman–Crippen MR) is 80.0 cm³/mol. The van der Waals surface area contributed by atoms with Gasteiger partial charge in [0.1, 0.15) is 11.9 Å². The molecule has 2 aromatic rings. The summed E-state index contributed by atoms with van der Waals surface area (Å²) in [5, 5.41) is 1.15. The lowest BCUT2D eigenvalue weighted by Crippen LogP contribution is -2.43. The van der Waals surface area contributed by atoms with Crippen molar-refractivity contribution in [2.45, 2.75) is 43.9 Å². The van der Waals surface area contributed by atoms with Gasteiger partial charge in [0.2, 0.25) is 0 Å². The highest BCUT2D eigenvalue weighted by atomic mass is 16.5. The number of benzene rings is 1. The van der Waals surface area contributed by atoms with Crippen molar-refractivity contribution >= 4 is 10.9 Å². The summed E-state index contributed by atoms with van der Waals surface area (Å²) >= 11 is 0. The number of pyridine rings is 1. The van der Waals surface area contributed by atoms with E-state index < -0.39 is 0 Å². The highest BCUT2D eigenvalue weighted by Crippen LogP contribution is 2.36. The molecule has 1 aromatic carbocycles. The van der Waals surface area contributed by atoms with Crippen LogP contribution in [0.25, 0.3) is 10.9 Å². The molecule has 2 bridgehead atoms. The normalized spacial score (nSPS) is 29.8. The molecule has 3 atom stereocenters. The van der Waals surface area contributed by atoms with Crippen molar-refractivity contribution in [1.82, 2.24) is 9.88 Å². The number of hydrogen-bond acceptors (Lipinski definition) is 3. The van der Waals surface area contributed by atoms with Crippen LogP contribution in [0.2, 0.25) is 0 Å². The van der Waals surface area contributed by atoms with E-state index >= 15 is 0 Å². The molecule has 0 saturated carbocycles. The molecule has 1 aromatic heterocycles. The maximum absolute atomic E-state index is 6.24. The third-order valence-electron chi connectivity index (χ3n) is 4.93. The first-order valence-corrected chi connectivity index (χ1v) is 7.53. The van der Waals surface area contributed by atoms with E-state index in [4.69, 9.17) is 4.74 Å².